The molecule has 134 valence electrons. The van der Waals surface area contributed by atoms with Gasteiger partial charge in [-0.05, 0) is 51.5 Å². The first-order valence-corrected chi connectivity index (χ1v) is 9.44. The summed E-state index contributed by atoms with van der Waals surface area (Å²) in [4.78, 5) is 10.1. The van der Waals surface area contributed by atoms with Crippen LogP contribution in [0.4, 0.5) is 0 Å². The lowest BCUT2D eigenvalue weighted by Crippen LogP contribution is -2.29. The van der Waals surface area contributed by atoms with E-state index in [4.69, 9.17) is 9.98 Å². The van der Waals surface area contributed by atoms with Crippen LogP contribution in [0.2, 0.25) is 0 Å². The van der Waals surface area contributed by atoms with E-state index in [1.165, 1.54) is 5.39 Å². The van der Waals surface area contributed by atoms with Gasteiger partial charge in [-0.25, -0.2) is 4.98 Å². The van der Waals surface area contributed by atoms with Crippen molar-refractivity contribution >= 4 is 27.7 Å². The maximum absolute atomic E-state index is 5.10. The van der Waals surface area contributed by atoms with Crippen molar-refractivity contribution in [3.63, 3.8) is 0 Å². The predicted molar refractivity (Wildman–Crippen MR) is 108 cm³/mol. The number of para-hydroxylation sites is 3. The summed E-state index contributed by atoms with van der Waals surface area (Å²) < 4.78 is 4.58. The van der Waals surface area contributed by atoms with Gasteiger partial charge in [0, 0.05) is 11.9 Å². The Balaban J connectivity index is 2.27. The van der Waals surface area contributed by atoms with E-state index in [9.17, 15) is 0 Å². The molecule has 0 bridgehead atoms. The second kappa shape index (κ2) is 6.27. The van der Waals surface area contributed by atoms with Gasteiger partial charge in [0.2, 0.25) is 5.78 Å². The smallest absolute Gasteiger partial charge is 0.217 e. The maximum atomic E-state index is 5.10. The number of nitrogens with zero attached hydrogens (tertiary/aromatic N) is 4. The molecule has 2 aromatic heterocycles. The summed E-state index contributed by atoms with van der Waals surface area (Å²) in [7, 11) is 0. The van der Waals surface area contributed by atoms with Gasteiger partial charge in [0.1, 0.15) is 5.49 Å². The van der Waals surface area contributed by atoms with E-state index in [0.717, 1.165) is 47.2 Å². The second-order valence-corrected chi connectivity index (χ2v) is 7.86. The Kier molecular flexibility index (Phi) is 4.06. The maximum Gasteiger partial charge on any atom is 0.217 e. The lowest BCUT2D eigenvalue weighted by atomic mass is 10.1. The van der Waals surface area contributed by atoms with Crippen LogP contribution in [-0.4, -0.2) is 19.5 Å². The van der Waals surface area contributed by atoms with Crippen LogP contribution in [0.15, 0.2) is 53.5 Å². The Hall–Kier alpha value is -2.62. The third-order valence-corrected chi connectivity index (χ3v) is 4.60. The van der Waals surface area contributed by atoms with Crippen LogP contribution in [0, 0.1) is 0 Å². The Labute approximate surface area is 153 Å². The molecule has 0 saturated carbocycles. The van der Waals surface area contributed by atoms with Crippen molar-refractivity contribution in [1.29, 1.82) is 0 Å². The number of fused-ring (bicyclic) bond motifs is 5. The highest BCUT2D eigenvalue weighted by molar-refractivity contribution is 5.88. The van der Waals surface area contributed by atoms with Crippen LogP contribution >= 0.6 is 0 Å². The molecule has 2 aromatic carbocycles. The molecule has 4 rings (SSSR count). The molecular formula is C22H26N4. The van der Waals surface area contributed by atoms with Gasteiger partial charge in [0.25, 0.3) is 0 Å². The normalized spacial score (nSPS) is 13.3. The van der Waals surface area contributed by atoms with Crippen LogP contribution in [0.5, 0.6) is 0 Å². The van der Waals surface area contributed by atoms with Crippen LogP contribution in [0.25, 0.3) is 27.7 Å². The second-order valence-electron chi connectivity index (χ2n) is 7.86. The molecule has 0 aliphatic heterocycles. The predicted octanol–water partition coefficient (Wildman–Crippen LogP) is 4.94. The van der Waals surface area contributed by atoms with E-state index in [0.29, 0.717) is 0 Å². The lowest BCUT2D eigenvalue weighted by Gasteiger charge is -2.17. The number of unbranched alkanes of at least 4 members (excludes halogenated alkanes) is 1. The van der Waals surface area contributed by atoms with Crippen LogP contribution in [0.3, 0.4) is 0 Å². The van der Waals surface area contributed by atoms with E-state index in [1.807, 2.05) is 6.07 Å². The monoisotopic (exact) mass is 346 g/mol. The first-order chi connectivity index (χ1) is 12.5. The number of aromatic nitrogens is 3. The summed E-state index contributed by atoms with van der Waals surface area (Å²) >= 11 is 0. The van der Waals surface area contributed by atoms with Crippen LogP contribution in [-0.2, 0) is 6.54 Å². The number of hydrogen-bond donors (Lipinski definition) is 0. The molecule has 4 heteroatoms. The van der Waals surface area contributed by atoms with Gasteiger partial charge in [-0.15, -0.1) is 0 Å². The summed E-state index contributed by atoms with van der Waals surface area (Å²) in [6.45, 7) is 9.60. The number of imidazole rings is 1. The number of hydrogen-bond acceptors (Lipinski definition) is 2. The van der Waals surface area contributed by atoms with Crippen LogP contribution in [0.1, 0.15) is 40.5 Å². The SMILES string of the molecule is CCCCn1c(=NC(C)(C)C)c2ccccc2n2c3ccccc3nc12. The molecule has 0 amide bonds. The molecule has 0 aliphatic carbocycles. The van der Waals surface area contributed by atoms with E-state index in [1.54, 1.807) is 0 Å². The minimum absolute atomic E-state index is 0.152. The molecule has 0 atom stereocenters. The summed E-state index contributed by atoms with van der Waals surface area (Å²) in [5.74, 6) is 0.973. The van der Waals surface area contributed by atoms with Crippen molar-refractivity contribution in [3.05, 3.63) is 54.0 Å². The van der Waals surface area contributed by atoms with E-state index in [-0.39, 0.29) is 5.54 Å². The van der Waals surface area contributed by atoms with Gasteiger partial charge in [-0.3, -0.25) is 14.0 Å². The van der Waals surface area contributed by atoms with Crippen molar-refractivity contribution < 1.29 is 0 Å². The third kappa shape index (κ3) is 2.79. The highest BCUT2D eigenvalue weighted by Gasteiger charge is 2.16. The van der Waals surface area contributed by atoms with Gasteiger partial charge in [0.15, 0.2) is 0 Å². The van der Waals surface area contributed by atoms with E-state index >= 15 is 0 Å². The van der Waals surface area contributed by atoms with Gasteiger partial charge in [-0.1, -0.05) is 37.6 Å². The molecule has 4 aromatic rings. The molecule has 0 N–H and O–H groups in total. The van der Waals surface area contributed by atoms with Crippen molar-refractivity contribution in [2.24, 2.45) is 4.99 Å². The highest BCUT2D eigenvalue weighted by Crippen LogP contribution is 2.22. The molecule has 26 heavy (non-hydrogen) atoms. The first-order valence-electron chi connectivity index (χ1n) is 9.44. The fourth-order valence-corrected chi connectivity index (χ4v) is 3.49. The molecule has 0 fully saturated rings. The average Bonchev–Trinajstić information content (AvgIpc) is 2.99. The topological polar surface area (TPSA) is 34.6 Å². The molecule has 0 unspecified atom stereocenters. The van der Waals surface area contributed by atoms with Crippen molar-refractivity contribution in [1.82, 2.24) is 14.0 Å². The van der Waals surface area contributed by atoms with E-state index < -0.39 is 0 Å². The molecule has 0 saturated heterocycles. The first kappa shape index (κ1) is 16.8. The average molecular weight is 346 g/mol. The summed E-state index contributed by atoms with van der Waals surface area (Å²) in [5, 5.41) is 1.18. The molecule has 0 spiro atoms. The number of benzene rings is 2. The molecule has 0 radical (unpaired) electrons. The minimum Gasteiger partial charge on any atom is -0.296 e. The summed E-state index contributed by atoms with van der Waals surface area (Å²) in [6.07, 6.45) is 2.25. The van der Waals surface area contributed by atoms with Crippen molar-refractivity contribution in [2.45, 2.75) is 52.6 Å². The van der Waals surface area contributed by atoms with Gasteiger partial charge in [-0.2, -0.15) is 0 Å². The Morgan fingerprint density at radius 1 is 0.962 bits per heavy atom. The zero-order valence-electron chi connectivity index (χ0n) is 16.0. The molecular weight excluding hydrogens is 320 g/mol. The van der Waals surface area contributed by atoms with Gasteiger partial charge in [0.05, 0.1) is 22.1 Å². The molecule has 2 heterocycles. The minimum atomic E-state index is -0.152. The Morgan fingerprint density at radius 3 is 2.38 bits per heavy atom. The third-order valence-electron chi connectivity index (χ3n) is 4.60. The van der Waals surface area contributed by atoms with E-state index in [2.05, 4.69) is 79.1 Å². The molecule has 4 nitrogen and oxygen atoms in total. The quantitative estimate of drug-likeness (QED) is 0.517. The zero-order valence-corrected chi connectivity index (χ0v) is 16.0. The van der Waals surface area contributed by atoms with Gasteiger partial charge < -0.3 is 0 Å². The number of aryl methyl sites for hydroxylation is 1. The highest BCUT2D eigenvalue weighted by atomic mass is 15.2. The standard InChI is InChI=1S/C22H26N4/c1-5-6-15-25-20(24-22(2,3)4)16-11-7-9-13-18(16)26-19-14-10-8-12-17(19)23-21(25)26/h7-14H,5-6,15H2,1-4H3. The van der Waals surface area contributed by atoms with Crippen molar-refractivity contribution in [3.8, 4) is 0 Å². The molecule has 0 aliphatic rings. The lowest BCUT2D eigenvalue weighted by molar-refractivity contribution is 0.536. The Morgan fingerprint density at radius 2 is 1.65 bits per heavy atom. The summed E-state index contributed by atoms with van der Waals surface area (Å²) in [5.41, 5.74) is 4.21. The zero-order chi connectivity index (χ0) is 18.3. The van der Waals surface area contributed by atoms with Crippen LogP contribution < -0.4 is 5.49 Å². The fourth-order valence-electron chi connectivity index (χ4n) is 3.49. The summed E-state index contributed by atoms with van der Waals surface area (Å²) in [6, 6.07) is 16.9. The fraction of sp³-hybridized carbons (Fsp3) is 0.364. The largest absolute Gasteiger partial charge is 0.296 e. The van der Waals surface area contributed by atoms with Crippen molar-refractivity contribution in [2.75, 3.05) is 0 Å². The van der Waals surface area contributed by atoms with Gasteiger partial charge >= 0.3 is 0 Å². The number of rotatable bonds is 3. The Bertz CT molecular complexity index is 1160.